The van der Waals surface area contributed by atoms with Gasteiger partial charge in [0.1, 0.15) is 5.82 Å². The van der Waals surface area contributed by atoms with E-state index in [1.165, 1.54) is 6.07 Å². The molecule has 0 saturated carbocycles. The average molecular weight is 259 g/mol. The zero-order valence-electron chi connectivity index (χ0n) is 8.02. The van der Waals surface area contributed by atoms with Gasteiger partial charge in [-0.05, 0) is 34.5 Å². The molecule has 0 saturated heterocycles. The van der Waals surface area contributed by atoms with E-state index < -0.39 is 5.82 Å². The molecule has 0 heterocycles. The molecule has 0 aliphatic rings. The van der Waals surface area contributed by atoms with Crippen LogP contribution in [0.4, 0.5) is 4.39 Å². The molecule has 0 bridgehead atoms. The number of carbonyl (C=O) groups excluding carboxylic acids is 1. The van der Waals surface area contributed by atoms with Crippen molar-refractivity contribution in [1.82, 2.24) is 0 Å². The van der Waals surface area contributed by atoms with Gasteiger partial charge in [0, 0.05) is 6.42 Å². The van der Waals surface area contributed by atoms with Gasteiger partial charge in [0.15, 0.2) is 5.78 Å². The molecule has 0 unspecified atom stereocenters. The minimum absolute atomic E-state index is 0.120. The summed E-state index contributed by atoms with van der Waals surface area (Å²) in [5.74, 6) is -0.570. The fourth-order valence-electron chi connectivity index (χ4n) is 1.19. The number of benzene rings is 1. The van der Waals surface area contributed by atoms with Gasteiger partial charge < -0.3 is 0 Å². The topological polar surface area (TPSA) is 17.1 Å². The van der Waals surface area contributed by atoms with Gasteiger partial charge in [-0.1, -0.05) is 19.4 Å². The molecule has 0 radical (unpaired) electrons. The number of carbonyl (C=O) groups is 1. The molecule has 76 valence electrons. The molecule has 0 aromatic heterocycles. The van der Waals surface area contributed by atoms with Crippen LogP contribution < -0.4 is 0 Å². The van der Waals surface area contributed by atoms with E-state index in [0.29, 0.717) is 10.9 Å². The Kier molecular flexibility index (Phi) is 4.26. The van der Waals surface area contributed by atoms with Crippen molar-refractivity contribution in [2.24, 2.45) is 0 Å². The predicted molar refractivity (Wildman–Crippen MR) is 58.0 cm³/mol. The number of rotatable bonds is 4. The predicted octanol–water partition coefficient (Wildman–Crippen LogP) is 3.96. The van der Waals surface area contributed by atoms with Crippen molar-refractivity contribution in [2.45, 2.75) is 26.2 Å². The van der Waals surface area contributed by atoms with Crippen molar-refractivity contribution in [3.63, 3.8) is 0 Å². The maximum Gasteiger partial charge on any atom is 0.165 e. The lowest BCUT2D eigenvalue weighted by atomic mass is 10.1. The van der Waals surface area contributed by atoms with Crippen molar-refractivity contribution in [2.75, 3.05) is 0 Å². The van der Waals surface area contributed by atoms with E-state index >= 15 is 0 Å². The third-order valence-electron chi connectivity index (χ3n) is 2.01. The summed E-state index contributed by atoms with van der Waals surface area (Å²) in [6, 6.07) is 4.79. The molecule has 3 heteroatoms. The highest BCUT2D eigenvalue weighted by molar-refractivity contribution is 9.10. The molecule has 1 rings (SSSR count). The third-order valence-corrected chi connectivity index (χ3v) is 2.62. The molecule has 0 aliphatic carbocycles. The van der Waals surface area contributed by atoms with Crippen LogP contribution in [-0.2, 0) is 0 Å². The van der Waals surface area contributed by atoms with E-state index in [0.717, 1.165) is 12.8 Å². The summed E-state index contributed by atoms with van der Waals surface area (Å²) >= 11 is 3.06. The van der Waals surface area contributed by atoms with Gasteiger partial charge >= 0.3 is 0 Å². The Balaban J connectivity index is 2.84. The summed E-state index contributed by atoms with van der Waals surface area (Å²) in [5.41, 5.74) is 0.188. The van der Waals surface area contributed by atoms with Crippen LogP contribution >= 0.6 is 15.9 Å². The van der Waals surface area contributed by atoms with Crippen LogP contribution in [0.15, 0.2) is 22.7 Å². The SMILES string of the molecule is CCCCC(=O)c1cccc(Br)c1F. The number of ketones is 1. The summed E-state index contributed by atoms with van der Waals surface area (Å²) in [6.07, 6.45) is 2.18. The molecule has 0 N–H and O–H groups in total. The van der Waals surface area contributed by atoms with Crippen LogP contribution in [0.3, 0.4) is 0 Å². The van der Waals surface area contributed by atoms with Crippen LogP contribution in [0.1, 0.15) is 36.5 Å². The first-order valence-corrected chi connectivity index (χ1v) is 5.43. The lowest BCUT2D eigenvalue weighted by Gasteiger charge is -2.02. The first-order valence-electron chi connectivity index (χ1n) is 4.64. The standard InChI is InChI=1S/C11H12BrFO/c1-2-3-7-10(14)8-5-4-6-9(12)11(8)13/h4-6H,2-3,7H2,1H3. The van der Waals surface area contributed by atoms with Crippen molar-refractivity contribution in [1.29, 1.82) is 0 Å². The van der Waals surface area contributed by atoms with Gasteiger partial charge in [-0.25, -0.2) is 4.39 Å². The van der Waals surface area contributed by atoms with E-state index in [2.05, 4.69) is 15.9 Å². The lowest BCUT2D eigenvalue weighted by Crippen LogP contribution is -2.02. The fourth-order valence-corrected chi connectivity index (χ4v) is 1.56. The molecule has 0 atom stereocenters. The second-order valence-electron chi connectivity index (χ2n) is 3.13. The van der Waals surface area contributed by atoms with E-state index in [9.17, 15) is 9.18 Å². The first kappa shape index (κ1) is 11.4. The highest BCUT2D eigenvalue weighted by Crippen LogP contribution is 2.20. The van der Waals surface area contributed by atoms with Crippen LogP contribution in [0.5, 0.6) is 0 Å². The Morgan fingerprint density at radius 2 is 2.21 bits per heavy atom. The second kappa shape index (κ2) is 5.25. The smallest absolute Gasteiger partial charge is 0.165 e. The van der Waals surface area contributed by atoms with E-state index in [1.807, 2.05) is 6.92 Å². The van der Waals surface area contributed by atoms with Gasteiger partial charge in [0.25, 0.3) is 0 Å². The largest absolute Gasteiger partial charge is 0.294 e. The fraction of sp³-hybridized carbons (Fsp3) is 0.364. The Morgan fingerprint density at radius 1 is 1.50 bits per heavy atom. The first-order chi connectivity index (χ1) is 6.66. The molecule has 0 fully saturated rings. The quantitative estimate of drug-likeness (QED) is 0.748. The van der Waals surface area contributed by atoms with Gasteiger partial charge in [-0.15, -0.1) is 0 Å². The van der Waals surface area contributed by atoms with E-state index in [4.69, 9.17) is 0 Å². The molecular weight excluding hydrogens is 247 g/mol. The Morgan fingerprint density at radius 3 is 2.86 bits per heavy atom. The van der Waals surface area contributed by atoms with Gasteiger partial charge in [0.2, 0.25) is 0 Å². The molecule has 1 aromatic carbocycles. The highest BCUT2D eigenvalue weighted by Gasteiger charge is 2.12. The molecular formula is C11H12BrFO. The van der Waals surface area contributed by atoms with Crippen LogP contribution in [0, 0.1) is 5.82 Å². The van der Waals surface area contributed by atoms with Crippen molar-refractivity contribution in [3.05, 3.63) is 34.1 Å². The number of hydrogen-bond donors (Lipinski definition) is 0. The second-order valence-corrected chi connectivity index (χ2v) is 3.98. The van der Waals surface area contributed by atoms with Crippen molar-refractivity contribution < 1.29 is 9.18 Å². The summed E-state index contributed by atoms with van der Waals surface area (Å²) in [6.45, 7) is 2.00. The van der Waals surface area contributed by atoms with E-state index in [-0.39, 0.29) is 11.3 Å². The molecule has 0 amide bonds. The summed E-state index contributed by atoms with van der Waals surface area (Å²) in [7, 11) is 0. The van der Waals surface area contributed by atoms with Gasteiger partial charge in [0.05, 0.1) is 10.0 Å². The summed E-state index contributed by atoms with van der Waals surface area (Å²) in [5, 5.41) is 0. The van der Waals surface area contributed by atoms with Gasteiger partial charge in [-0.3, -0.25) is 4.79 Å². The number of hydrogen-bond acceptors (Lipinski definition) is 1. The number of unbranched alkanes of at least 4 members (excludes halogenated alkanes) is 1. The van der Waals surface area contributed by atoms with Crippen molar-refractivity contribution in [3.8, 4) is 0 Å². The Hall–Kier alpha value is -0.700. The zero-order valence-corrected chi connectivity index (χ0v) is 9.60. The number of Topliss-reactive ketones (excluding diaryl/α,β-unsaturated/α-hetero) is 1. The van der Waals surface area contributed by atoms with E-state index in [1.54, 1.807) is 12.1 Å². The third kappa shape index (κ3) is 2.64. The molecule has 0 aliphatic heterocycles. The normalized spacial score (nSPS) is 10.2. The Bertz CT molecular complexity index is 336. The molecule has 1 nitrogen and oxygen atoms in total. The zero-order chi connectivity index (χ0) is 10.6. The minimum atomic E-state index is -0.450. The molecule has 0 spiro atoms. The maximum absolute atomic E-state index is 13.4. The summed E-state index contributed by atoms with van der Waals surface area (Å²) < 4.78 is 13.8. The van der Waals surface area contributed by atoms with Crippen molar-refractivity contribution >= 4 is 21.7 Å². The lowest BCUT2D eigenvalue weighted by molar-refractivity contribution is 0.0975. The maximum atomic E-state index is 13.4. The summed E-state index contributed by atoms with van der Waals surface area (Å²) in [4.78, 5) is 11.5. The Labute approximate surface area is 91.5 Å². The number of halogens is 2. The average Bonchev–Trinajstić information content (AvgIpc) is 2.18. The minimum Gasteiger partial charge on any atom is -0.294 e. The van der Waals surface area contributed by atoms with Crippen LogP contribution in [0.25, 0.3) is 0 Å². The highest BCUT2D eigenvalue weighted by atomic mass is 79.9. The van der Waals surface area contributed by atoms with Crippen LogP contribution in [0.2, 0.25) is 0 Å². The molecule has 14 heavy (non-hydrogen) atoms. The molecule has 1 aromatic rings. The van der Waals surface area contributed by atoms with Crippen LogP contribution in [-0.4, -0.2) is 5.78 Å². The van der Waals surface area contributed by atoms with Gasteiger partial charge in [-0.2, -0.15) is 0 Å². The monoisotopic (exact) mass is 258 g/mol.